The van der Waals surface area contributed by atoms with E-state index in [4.69, 9.17) is 0 Å². The van der Waals surface area contributed by atoms with Gasteiger partial charge in [0.2, 0.25) is 29.4 Å². The number of nitrogens with one attached hydrogen (secondary N) is 4. The smallest absolute Gasteiger partial charge is 0.289 e. The van der Waals surface area contributed by atoms with Crippen LogP contribution in [0.4, 0.5) is 0 Å². The van der Waals surface area contributed by atoms with Gasteiger partial charge in [-0.2, -0.15) is 0 Å². The molecule has 0 unspecified atom stereocenters. The molecule has 0 spiro atoms. The van der Waals surface area contributed by atoms with Crippen molar-refractivity contribution in [1.82, 2.24) is 26.2 Å². The summed E-state index contributed by atoms with van der Waals surface area (Å²) in [6.07, 6.45) is 5.16. The van der Waals surface area contributed by atoms with Gasteiger partial charge in [0.15, 0.2) is 0 Å². The molecule has 3 aliphatic rings. The molecule has 0 bridgehead atoms. The van der Waals surface area contributed by atoms with Crippen molar-refractivity contribution in [3.05, 3.63) is 0 Å². The Morgan fingerprint density at radius 3 is 2.18 bits per heavy atom. The predicted octanol–water partition coefficient (Wildman–Crippen LogP) is 0.803. The van der Waals surface area contributed by atoms with Crippen LogP contribution in [-0.2, 0) is 28.8 Å². The number of rotatable bonds is 10. The number of carbonyl (C=O) groups is 6. The highest BCUT2D eigenvalue weighted by Crippen LogP contribution is 2.31. The van der Waals surface area contributed by atoms with Crippen LogP contribution in [0.25, 0.3) is 0 Å². The Kier molecular flexibility index (Phi) is 10.1. The highest BCUT2D eigenvalue weighted by atomic mass is 16.2. The first-order valence-corrected chi connectivity index (χ1v) is 14.3. The van der Waals surface area contributed by atoms with Crippen molar-refractivity contribution in [2.45, 2.75) is 110 Å². The summed E-state index contributed by atoms with van der Waals surface area (Å²) in [5.41, 5.74) is -0.671. The molecule has 3 fully saturated rings. The lowest BCUT2D eigenvalue weighted by molar-refractivity contribution is -0.145. The van der Waals surface area contributed by atoms with Gasteiger partial charge in [0.05, 0.1) is 6.04 Å². The molecule has 0 aromatic carbocycles. The maximum atomic E-state index is 13.8. The van der Waals surface area contributed by atoms with Gasteiger partial charge in [0.25, 0.3) is 5.91 Å². The van der Waals surface area contributed by atoms with E-state index in [-0.39, 0.29) is 36.1 Å². The van der Waals surface area contributed by atoms with E-state index in [9.17, 15) is 28.8 Å². The molecule has 11 heteroatoms. The van der Waals surface area contributed by atoms with Gasteiger partial charge >= 0.3 is 0 Å². The Balaban J connectivity index is 1.77. The zero-order chi connectivity index (χ0) is 28.9. The van der Waals surface area contributed by atoms with E-state index < -0.39 is 47.1 Å². The third-order valence-electron chi connectivity index (χ3n) is 7.90. The van der Waals surface area contributed by atoms with Crippen molar-refractivity contribution in [1.29, 1.82) is 0 Å². The molecule has 5 amide bonds. The molecule has 0 radical (unpaired) electrons. The Labute approximate surface area is 231 Å². The quantitative estimate of drug-likeness (QED) is 0.297. The fourth-order valence-corrected chi connectivity index (χ4v) is 5.66. The van der Waals surface area contributed by atoms with Gasteiger partial charge in [-0.1, -0.05) is 33.6 Å². The molecule has 0 aromatic rings. The lowest BCUT2D eigenvalue weighted by atomic mass is 9.91. The van der Waals surface area contributed by atoms with E-state index in [2.05, 4.69) is 21.3 Å². The summed E-state index contributed by atoms with van der Waals surface area (Å²) >= 11 is 0. The topological polar surface area (TPSA) is 154 Å². The highest BCUT2D eigenvalue weighted by Gasteiger charge is 2.43. The normalized spacial score (nSPS) is 23.3. The molecule has 2 saturated heterocycles. The molecule has 2 aliphatic heterocycles. The number of ketones is 1. The largest absolute Gasteiger partial charge is 0.356 e. The first-order valence-electron chi connectivity index (χ1n) is 14.3. The molecule has 1 aliphatic carbocycles. The van der Waals surface area contributed by atoms with Crippen molar-refractivity contribution in [3.8, 4) is 0 Å². The monoisotopic (exact) mass is 547 g/mol. The third-order valence-corrected chi connectivity index (χ3v) is 7.90. The Hall–Kier alpha value is -2.98. The summed E-state index contributed by atoms with van der Waals surface area (Å²) in [5.74, 6) is -3.36. The van der Waals surface area contributed by atoms with E-state index >= 15 is 0 Å². The maximum absolute atomic E-state index is 13.8. The van der Waals surface area contributed by atoms with Crippen LogP contribution in [0.2, 0.25) is 0 Å². The number of hydrogen-bond acceptors (Lipinski definition) is 6. The first-order chi connectivity index (χ1) is 18.3. The van der Waals surface area contributed by atoms with Gasteiger partial charge in [0.1, 0.15) is 12.1 Å². The van der Waals surface area contributed by atoms with Crippen molar-refractivity contribution in [3.63, 3.8) is 0 Å². The minimum absolute atomic E-state index is 0.00282. The van der Waals surface area contributed by atoms with Gasteiger partial charge < -0.3 is 26.2 Å². The van der Waals surface area contributed by atoms with Crippen LogP contribution in [0.15, 0.2) is 0 Å². The number of carbonyl (C=O) groups excluding carboxylic acids is 6. The summed E-state index contributed by atoms with van der Waals surface area (Å²) in [5, 5.41) is 11.0. The van der Waals surface area contributed by atoms with Crippen molar-refractivity contribution in [2.75, 3.05) is 13.1 Å². The van der Waals surface area contributed by atoms with Gasteiger partial charge in [-0.05, 0) is 58.3 Å². The van der Waals surface area contributed by atoms with Crippen molar-refractivity contribution in [2.24, 2.45) is 17.3 Å². The number of amides is 5. The molecule has 4 atom stereocenters. The molecule has 218 valence electrons. The summed E-state index contributed by atoms with van der Waals surface area (Å²) in [6, 6.07) is -3.00. The minimum atomic E-state index is -1.19. The average Bonchev–Trinajstić information content (AvgIpc) is 3.62. The minimum Gasteiger partial charge on any atom is -0.356 e. The predicted molar refractivity (Wildman–Crippen MR) is 144 cm³/mol. The number of hydrogen-bond donors (Lipinski definition) is 4. The summed E-state index contributed by atoms with van der Waals surface area (Å²) in [6.45, 7) is 9.67. The first kappa shape index (κ1) is 30.6. The zero-order valence-corrected chi connectivity index (χ0v) is 23.9. The summed E-state index contributed by atoms with van der Waals surface area (Å²) in [7, 11) is 0. The molecule has 11 nitrogen and oxygen atoms in total. The molecule has 2 heterocycles. The fourth-order valence-electron chi connectivity index (χ4n) is 5.66. The van der Waals surface area contributed by atoms with Gasteiger partial charge in [-0.25, -0.2) is 0 Å². The van der Waals surface area contributed by atoms with Crippen LogP contribution in [0.1, 0.15) is 86.0 Å². The second kappa shape index (κ2) is 12.9. The molecular weight excluding hydrogens is 502 g/mol. The van der Waals surface area contributed by atoms with E-state index in [1.54, 1.807) is 34.6 Å². The second-order valence-corrected chi connectivity index (χ2v) is 12.5. The Bertz CT molecular complexity index is 968. The number of nitrogens with zero attached hydrogens (tertiary/aromatic N) is 1. The van der Waals surface area contributed by atoms with Crippen LogP contribution in [0.5, 0.6) is 0 Å². The number of likely N-dealkylation sites (tertiary alicyclic amines) is 1. The lowest BCUT2D eigenvalue weighted by Crippen LogP contribution is -2.58. The standard InChI is InChI=1S/C28H45N5O6/c1-16(2)30-25(37)22(34)19(15-18-12-13-29-23(18)35)31-24(36)20-11-8-14-33(20)26(38)21(17-9-6-7-10-17)32-27(39)28(3,4)5/h16-21H,6-15H2,1-5H3,(H,29,35)(H,30,37)(H,31,36)(H,32,39)/t18-,19-,20-,21-/m0/s1. The van der Waals surface area contributed by atoms with Gasteiger partial charge in [0, 0.05) is 30.5 Å². The SMILES string of the molecule is CC(C)NC(=O)C(=O)[C@H](C[C@@H]1CCNC1=O)NC(=O)[C@@H]1CCCN1C(=O)[C@@H](NC(=O)C(C)(C)C)C1CCCC1. The van der Waals surface area contributed by atoms with Gasteiger partial charge in [-0.3, -0.25) is 28.8 Å². The van der Waals surface area contributed by atoms with Crippen molar-refractivity contribution >= 4 is 35.3 Å². The Morgan fingerprint density at radius 2 is 1.62 bits per heavy atom. The average molecular weight is 548 g/mol. The van der Waals surface area contributed by atoms with Crippen LogP contribution in [-0.4, -0.2) is 77.5 Å². The maximum Gasteiger partial charge on any atom is 0.289 e. The summed E-state index contributed by atoms with van der Waals surface area (Å²) < 4.78 is 0. The van der Waals surface area contributed by atoms with E-state index in [0.717, 1.165) is 25.7 Å². The fraction of sp³-hybridized carbons (Fsp3) is 0.786. The van der Waals surface area contributed by atoms with E-state index in [1.807, 2.05) is 0 Å². The van der Waals surface area contributed by atoms with Crippen LogP contribution < -0.4 is 21.3 Å². The van der Waals surface area contributed by atoms with E-state index in [1.165, 1.54) is 4.90 Å². The molecule has 3 rings (SSSR count). The molecule has 39 heavy (non-hydrogen) atoms. The van der Waals surface area contributed by atoms with Crippen LogP contribution in [0, 0.1) is 17.3 Å². The second-order valence-electron chi connectivity index (χ2n) is 12.5. The van der Waals surface area contributed by atoms with Crippen molar-refractivity contribution < 1.29 is 28.8 Å². The molecule has 4 N–H and O–H groups in total. The van der Waals surface area contributed by atoms with Crippen LogP contribution >= 0.6 is 0 Å². The third kappa shape index (κ3) is 7.79. The highest BCUT2D eigenvalue weighted by molar-refractivity contribution is 6.38. The zero-order valence-electron chi connectivity index (χ0n) is 23.9. The Morgan fingerprint density at radius 1 is 0.949 bits per heavy atom. The molecule has 1 saturated carbocycles. The van der Waals surface area contributed by atoms with Crippen LogP contribution in [0.3, 0.4) is 0 Å². The van der Waals surface area contributed by atoms with E-state index in [0.29, 0.717) is 32.4 Å². The van der Waals surface area contributed by atoms with Gasteiger partial charge in [-0.15, -0.1) is 0 Å². The molecule has 0 aromatic heterocycles. The number of Topliss-reactive ketones (excluding diaryl/α,β-unsaturated/α-hetero) is 1. The lowest BCUT2D eigenvalue weighted by Gasteiger charge is -2.33. The summed E-state index contributed by atoms with van der Waals surface area (Å²) in [4.78, 5) is 79.5. The molecular formula is C28H45N5O6.